The lowest BCUT2D eigenvalue weighted by Gasteiger charge is -2.40. The molecule has 11 heteroatoms. The molecule has 3 aliphatic rings. The van der Waals surface area contributed by atoms with Gasteiger partial charge in [0.2, 0.25) is 11.8 Å². The summed E-state index contributed by atoms with van der Waals surface area (Å²) in [6.45, 7) is 0.970. The number of fused-ring (bicyclic) bond motifs is 1. The number of halogens is 2. The first kappa shape index (κ1) is 26.5. The van der Waals surface area contributed by atoms with Crippen molar-refractivity contribution in [2.75, 3.05) is 24.1 Å². The number of hydrogen-bond donors (Lipinski definition) is 2. The lowest BCUT2D eigenvalue weighted by molar-refractivity contribution is -0.160. The number of carbonyl (C=O) groups excluding carboxylic acids is 2. The fraction of sp³-hybridized carbons (Fsp3) is 0.387. The number of pyridine rings is 1. The second kappa shape index (κ2) is 10.1. The number of rotatable bonds is 6. The van der Waals surface area contributed by atoms with Gasteiger partial charge in [0.1, 0.15) is 28.7 Å². The molecule has 1 saturated heterocycles. The number of alkyl halides is 2. The van der Waals surface area contributed by atoms with Crippen molar-refractivity contribution in [2.45, 2.75) is 56.3 Å². The van der Waals surface area contributed by atoms with E-state index in [2.05, 4.69) is 15.3 Å². The first-order chi connectivity index (χ1) is 20.3. The Bertz CT molecular complexity index is 1670. The Balaban J connectivity index is 1.13. The van der Waals surface area contributed by atoms with Crippen LogP contribution in [0.5, 0.6) is 0 Å². The lowest BCUT2D eigenvalue weighted by atomic mass is 9.80. The van der Waals surface area contributed by atoms with Crippen LogP contribution in [0.25, 0.3) is 16.8 Å². The van der Waals surface area contributed by atoms with Crippen molar-refractivity contribution in [3.8, 4) is 11.3 Å². The Morgan fingerprint density at radius 2 is 1.79 bits per heavy atom. The molecule has 0 bridgehead atoms. The van der Waals surface area contributed by atoms with Crippen LogP contribution in [0.2, 0.25) is 0 Å². The van der Waals surface area contributed by atoms with E-state index in [0.29, 0.717) is 47.4 Å². The van der Waals surface area contributed by atoms with E-state index in [1.165, 1.54) is 18.4 Å². The molecule has 3 N–H and O–H groups in total. The average Bonchev–Trinajstić information content (AvgIpc) is 3.76. The summed E-state index contributed by atoms with van der Waals surface area (Å²) in [5.41, 5.74) is 10.0. The van der Waals surface area contributed by atoms with Crippen LogP contribution in [-0.4, -0.2) is 55.1 Å². The minimum absolute atomic E-state index is 0.0877. The Labute approximate surface area is 241 Å². The molecule has 4 aromatic rings. The van der Waals surface area contributed by atoms with E-state index in [1.54, 1.807) is 35.6 Å². The van der Waals surface area contributed by atoms with Crippen LogP contribution in [0.4, 0.5) is 20.4 Å². The van der Waals surface area contributed by atoms with Gasteiger partial charge in [0.05, 0.1) is 0 Å². The normalized spacial score (nSPS) is 20.3. The second-order valence-electron chi connectivity index (χ2n) is 11.7. The summed E-state index contributed by atoms with van der Waals surface area (Å²) in [6.07, 6.45) is 8.29. The standard InChI is InChI=1S/C31H31F2N7O2/c32-31(33)15-23(16-31)30(42)39-12-1-2-22(17-39)28-38-25(26-27(34)36-11-13-40(26)28)19-5-7-20(8-6-19)29(41)37-24-14-21(9-10-35-24)18-3-4-18/h5-11,13-14,18,22-23H,1-4,12,15-17H2,(H2,34,36)(H,35,37,41)/t22-/m1/s1. The van der Waals surface area contributed by atoms with Crippen LogP contribution in [-0.2, 0) is 4.79 Å². The van der Waals surface area contributed by atoms with Gasteiger partial charge in [-0.1, -0.05) is 12.1 Å². The quantitative estimate of drug-likeness (QED) is 0.326. The van der Waals surface area contributed by atoms with Gasteiger partial charge in [0, 0.05) is 67.5 Å². The Morgan fingerprint density at radius 1 is 1.00 bits per heavy atom. The molecule has 3 aromatic heterocycles. The van der Waals surface area contributed by atoms with E-state index in [9.17, 15) is 18.4 Å². The molecule has 1 aliphatic heterocycles. The van der Waals surface area contributed by atoms with Crippen molar-refractivity contribution in [1.29, 1.82) is 0 Å². The summed E-state index contributed by atoms with van der Waals surface area (Å²) in [4.78, 5) is 41.2. The molecule has 3 fully saturated rings. The van der Waals surface area contributed by atoms with Crippen molar-refractivity contribution < 1.29 is 18.4 Å². The fourth-order valence-corrected chi connectivity index (χ4v) is 6.21. The van der Waals surface area contributed by atoms with Gasteiger partial charge in [0.25, 0.3) is 5.91 Å². The van der Waals surface area contributed by atoms with Gasteiger partial charge in [0.15, 0.2) is 0 Å². The van der Waals surface area contributed by atoms with Crippen LogP contribution in [0, 0.1) is 5.92 Å². The number of piperidine rings is 1. The number of carbonyl (C=O) groups is 2. The summed E-state index contributed by atoms with van der Waals surface area (Å²) in [5, 5.41) is 2.89. The van der Waals surface area contributed by atoms with Gasteiger partial charge in [-0.2, -0.15) is 0 Å². The minimum atomic E-state index is -2.73. The maximum Gasteiger partial charge on any atom is 0.256 e. The molecule has 9 nitrogen and oxygen atoms in total. The van der Waals surface area contributed by atoms with E-state index < -0.39 is 11.8 Å². The molecule has 42 heavy (non-hydrogen) atoms. The molecular weight excluding hydrogens is 540 g/mol. The summed E-state index contributed by atoms with van der Waals surface area (Å²) >= 11 is 0. The highest BCUT2D eigenvalue weighted by atomic mass is 19.3. The van der Waals surface area contributed by atoms with Crippen molar-refractivity contribution in [3.05, 3.63) is 71.9 Å². The molecular formula is C31H31F2N7O2. The second-order valence-corrected chi connectivity index (χ2v) is 11.7. The molecule has 1 atom stereocenters. The molecule has 0 spiro atoms. The van der Waals surface area contributed by atoms with E-state index in [4.69, 9.17) is 10.7 Å². The number of nitrogens with one attached hydrogen (secondary N) is 1. The molecule has 4 heterocycles. The average molecular weight is 572 g/mol. The first-order valence-electron chi connectivity index (χ1n) is 14.4. The predicted octanol–water partition coefficient (Wildman–Crippen LogP) is 5.25. The van der Waals surface area contributed by atoms with Crippen LogP contribution in [0.1, 0.15) is 72.1 Å². The Kier molecular flexibility index (Phi) is 6.40. The summed E-state index contributed by atoms with van der Waals surface area (Å²) in [6, 6.07) is 11.1. The number of nitrogen functional groups attached to an aromatic ring is 1. The van der Waals surface area contributed by atoms with Gasteiger partial charge in [-0.25, -0.2) is 23.7 Å². The molecule has 216 valence electrons. The minimum Gasteiger partial charge on any atom is -0.382 e. The largest absolute Gasteiger partial charge is 0.382 e. The van der Waals surface area contributed by atoms with Crippen LogP contribution < -0.4 is 11.1 Å². The summed E-state index contributed by atoms with van der Waals surface area (Å²) < 4.78 is 28.7. The molecule has 7 rings (SSSR count). The zero-order valence-corrected chi connectivity index (χ0v) is 23.0. The molecule has 0 unspecified atom stereocenters. The highest BCUT2D eigenvalue weighted by molar-refractivity contribution is 6.04. The third-order valence-electron chi connectivity index (χ3n) is 8.64. The maximum absolute atomic E-state index is 13.4. The molecule has 0 radical (unpaired) electrons. The fourth-order valence-electron chi connectivity index (χ4n) is 6.21. The van der Waals surface area contributed by atoms with Crippen molar-refractivity contribution >= 4 is 29.0 Å². The van der Waals surface area contributed by atoms with Gasteiger partial charge >= 0.3 is 0 Å². The first-order valence-corrected chi connectivity index (χ1v) is 14.4. The number of benzene rings is 1. The number of likely N-dealkylation sites (tertiary alicyclic amines) is 1. The SMILES string of the molecule is Nc1nccn2c([C@@H]3CCCN(C(=O)C4CC(F)(F)C4)C3)nc(-c3ccc(C(=O)Nc4cc(C5CC5)ccn4)cc3)c12. The number of anilines is 2. The monoisotopic (exact) mass is 571 g/mol. The number of nitrogens with zero attached hydrogens (tertiary/aromatic N) is 5. The molecule has 1 aromatic carbocycles. The topological polar surface area (TPSA) is 119 Å². The molecule has 2 saturated carbocycles. The number of imidazole rings is 1. The third kappa shape index (κ3) is 4.97. The van der Waals surface area contributed by atoms with Gasteiger partial charge in [-0.3, -0.25) is 14.0 Å². The molecule has 2 amide bonds. The Morgan fingerprint density at radius 3 is 2.52 bits per heavy atom. The third-order valence-corrected chi connectivity index (χ3v) is 8.64. The number of hydrogen-bond acceptors (Lipinski definition) is 6. The van der Waals surface area contributed by atoms with E-state index >= 15 is 0 Å². The number of amides is 2. The Hall–Kier alpha value is -4.41. The van der Waals surface area contributed by atoms with Crippen LogP contribution in [0.3, 0.4) is 0 Å². The number of aromatic nitrogens is 4. The van der Waals surface area contributed by atoms with E-state index in [0.717, 1.165) is 24.2 Å². The van der Waals surface area contributed by atoms with Gasteiger partial charge < -0.3 is 16.0 Å². The van der Waals surface area contributed by atoms with Crippen LogP contribution in [0.15, 0.2) is 55.0 Å². The van der Waals surface area contributed by atoms with Crippen LogP contribution >= 0.6 is 0 Å². The maximum atomic E-state index is 13.4. The van der Waals surface area contributed by atoms with Gasteiger partial charge in [-0.15, -0.1) is 0 Å². The lowest BCUT2D eigenvalue weighted by Crippen LogP contribution is -2.49. The van der Waals surface area contributed by atoms with E-state index in [1.807, 2.05) is 28.7 Å². The zero-order chi connectivity index (χ0) is 29.0. The highest BCUT2D eigenvalue weighted by Crippen LogP contribution is 2.44. The summed E-state index contributed by atoms with van der Waals surface area (Å²) in [7, 11) is 0. The predicted molar refractivity (Wildman–Crippen MR) is 153 cm³/mol. The molecule has 2 aliphatic carbocycles. The van der Waals surface area contributed by atoms with Crippen molar-refractivity contribution in [3.63, 3.8) is 0 Å². The summed E-state index contributed by atoms with van der Waals surface area (Å²) in [5.74, 6) is -1.73. The van der Waals surface area contributed by atoms with Crippen molar-refractivity contribution in [1.82, 2.24) is 24.3 Å². The highest BCUT2D eigenvalue weighted by Gasteiger charge is 2.50. The van der Waals surface area contributed by atoms with E-state index in [-0.39, 0.29) is 30.6 Å². The van der Waals surface area contributed by atoms with Gasteiger partial charge in [-0.05, 0) is 61.4 Å². The van der Waals surface area contributed by atoms with Crippen molar-refractivity contribution in [2.24, 2.45) is 5.92 Å². The smallest absolute Gasteiger partial charge is 0.256 e. The number of nitrogens with two attached hydrogens (primary N) is 1. The zero-order valence-electron chi connectivity index (χ0n) is 23.0.